The van der Waals surface area contributed by atoms with E-state index in [1.807, 2.05) is 18.9 Å². The molecule has 1 fully saturated rings. The van der Waals surface area contributed by atoms with Gasteiger partial charge in [0.05, 0.1) is 13.2 Å². The van der Waals surface area contributed by atoms with Crippen molar-refractivity contribution in [2.75, 3.05) is 53.5 Å². The fourth-order valence-corrected chi connectivity index (χ4v) is 4.66. The average Bonchev–Trinajstić information content (AvgIpc) is 3.26. The number of rotatable bonds is 11. The maximum absolute atomic E-state index is 12.4. The molecule has 1 aliphatic rings. The maximum Gasteiger partial charge on any atom is 0.252 e. The first-order chi connectivity index (χ1) is 12.4. The van der Waals surface area contributed by atoms with Gasteiger partial charge < -0.3 is 15.0 Å². The third-order valence-corrected chi connectivity index (χ3v) is 7.38. The Hall–Kier alpha value is -1.16. The molecule has 0 saturated heterocycles. The van der Waals surface area contributed by atoms with E-state index in [1.165, 1.54) is 28.5 Å². The third kappa shape index (κ3) is 6.53. The first-order valence-electron chi connectivity index (χ1n) is 9.02. The predicted molar refractivity (Wildman–Crippen MR) is 106 cm³/mol. The minimum absolute atomic E-state index is 0.334. The lowest BCUT2D eigenvalue weighted by Gasteiger charge is -2.22. The van der Waals surface area contributed by atoms with Gasteiger partial charge in [-0.3, -0.25) is 4.99 Å². The molecule has 0 amide bonds. The Balaban J connectivity index is 1.80. The van der Waals surface area contributed by atoms with Gasteiger partial charge in [-0.05, 0) is 37.1 Å². The van der Waals surface area contributed by atoms with Gasteiger partial charge >= 0.3 is 0 Å². The molecule has 0 radical (unpaired) electrons. The minimum atomic E-state index is -3.42. The summed E-state index contributed by atoms with van der Waals surface area (Å²) >= 11 is 1.23. The van der Waals surface area contributed by atoms with Crippen LogP contribution < -0.4 is 5.32 Å². The van der Waals surface area contributed by atoms with Crippen LogP contribution in [0, 0.1) is 5.92 Å². The van der Waals surface area contributed by atoms with Crippen molar-refractivity contribution in [1.29, 1.82) is 0 Å². The zero-order valence-electron chi connectivity index (χ0n) is 15.8. The first-order valence-corrected chi connectivity index (χ1v) is 11.3. The maximum atomic E-state index is 12.4. The largest absolute Gasteiger partial charge is 0.379 e. The molecule has 0 aromatic carbocycles. The number of thiophene rings is 1. The van der Waals surface area contributed by atoms with Gasteiger partial charge in [-0.15, -0.1) is 11.3 Å². The molecule has 9 heteroatoms. The van der Waals surface area contributed by atoms with Crippen molar-refractivity contribution >= 4 is 27.3 Å². The first kappa shape index (κ1) is 21.1. The number of ether oxygens (including phenoxy) is 1. The summed E-state index contributed by atoms with van der Waals surface area (Å²) in [6.07, 6.45) is 2.59. The van der Waals surface area contributed by atoms with Crippen LogP contribution in [0.4, 0.5) is 0 Å². The molecule has 26 heavy (non-hydrogen) atoms. The lowest BCUT2D eigenvalue weighted by atomic mass is 10.5. The fraction of sp³-hybridized carbons (Fsp3) is 0.706. The Morgan fingerprint density at radius 1 is 1.38 bits per heavy atom. The number of nitrogens with one attached hydrogen (secondary N) is 1. The number of sulfonamides is 1. The molecule has 1 N–H and O–H groups in total. The predicted octanol–water partition coefficient (Wildman–Crippen LogP) is 1.69. The van der Waals surface area contributed by atoms with Crippen molar-refractivity contribution in [1.82, 2.24) is 14.5 Å². The van der Waals surface area contributed by atoms with E-state index in [2.05, 4.69) is 10.3 Å². The van der Waals surface area contributed by atoms with Crippen molar-refractivity contribution in [3.63, 3.8) is 0 Å². The summed E-state index contributed by atoms with van der Waals surface area (Å²) in [6.45, 7) is 5.78. The topological polar surface area (TPSA) is 74.2 Å². The van der Waals surface area contributed by atoms with Crippen LogP contribution in [0.3, 0.4) is 0 Å². The lowest BCUT2D eigenvalue weighted by molar-refractivity contribution is 0.115. The molecule has 1 heterocycles. The average molecular weight is 403 g/mol. The number of guanidine groups is 1. The summed E-state index contributed by atoms with van der Waals surface area (Å²) in [7, 11) is 0.139. The van der Waals surface area contributed by atoms with E-state index in [0.29, 0.717) is 23.9 Å². The lowest BCUT2D eigenvalue weighted by Crippen LogP contribution is -2.41. The molecule has 2 rings (SSSR count). The number of nitrogens with zero attached hydrogens (tertiary/aromatic N) is 3. The van der Waals surface area contributed by atoms with Gasteiger partial charge in [-0.25, -0.2) is 8.42 Å². The second kappa shape index (κ2) is 10.2. The standard InChI is InChI=1S/C17H30N4O3S2/c1-4-18-17(20(2)11-12-24-14-15-7-8-15)19-9-10-21(3)26(22,23)16-6-5-13-25-16/h5-6,13,15H,4,7-12,14H2,1-3H3,(H,18,19). The summed E-state index contributed by atoms with van der Waals surface area (Å²) in [4.78, 5) is 6.57. The van der Waals surface area contributed by atoms with E-state index in [4.69, 9.17) is 4.74 Å². The summed E-state index contributed by atoms with van der Waals surface area (Å²) in [5.41, 5.74) is 0. The molecule has 148 valence electrons. The molecule has 0 aliphatic heterocycles. The van der Waals surface area contributed by atoms with Gasteiger partial charge in [0.15, 0.2) is 5.96 Å². The summed E-state index contributed by atoms with van der Waals surface area (Å²) in [5.74, 6) is 1.53. The quantitative estimate of drug-likeness (QED) is 0.346. The highest BCUT2D eigenvalue weighted by Crippen LogP contribution is 2.28. The van der Waals surface area contributed by atoms with E-state index in [0.717, 1.165) is 31.6 Å². The zero-order chi connectivity index (χ0) is 19.0. The van der Waals surface area contributed by atoms with Gasteiger partial charge in [0, 0.05) is 40.3 Å². The molecule has 0 bridgehead atoms. The molecule has 7 nitrogen and oxygen atoms in total. The van der Waals surface area contributed by atoms with E-state index in [1.54, 1.807) is 24.6 Å². The summed E-state index contributed by atoms with van der Waals surface area (Å²) in [6, 6.07) is 3.37. The van der Waals surface area contributed by atoms with Gasteiger partial charge in [0.25, 0.3) is 10.0 Å². The Kier molecular flexibility index (Phi) is 8.33. The van der Waals surface area contributed by atoms with Crippen LogP contribution >= 0.6 is 11.3 Å². The van der Waals surface area contributed by atoms with Gasteiger partial charge in [-0.2, -0.15) is 4.31 Å². The Labute approximate surface area is 161 Å². The minimum Gasteiger partial charge on any atom is -0.379 e. The normalized spacial score (nSPS) is 15.5. The molecule has 0 atom stereocenters. The Bertz CT molecular complexity index is 658. The SMILES string of the molecule is CCNC(=NCCN(C)S(=O)(=O)c1cccs1)N(C)CCOCC1CC1. The van der Waals surface area contributed by atoms with Gasteiger partial charge in [0.1, 0.15) is 4.21 Å². The third-order valence-electron chi connectivity index (χ3n) is 4.15. The molecule has 0 spiro atoms. The van der Waals surface area contributed by atoms with E-state index >= 15 is 0 Å². The van der Waals surface area contributed by atoms with Crippen LogP contribution in [-0.2, 0) is 14.8 Å². The van der Waals surface area contributed by atoms with Crippen molar-refractivity contribution in [3.8, 4) is 0 Å². The van der Waals surface area contributed by atoms with Crippen LogP contribution in [0.25, 0.3) is 0 Å². The molecule has 0 unspecified atom stereocenters. The van der Waals surface area contributed by atoms with Crippen LogP contribution in [0.5, 0.6) is 0 Å². The molecule has 1 aliphatic carbocycles. The Morgan fingerprint density at radius 2 is 2.15 bits per heavy atom. The number of hydrogen-bond acceptors (Lipinski definition) is 5. The van der Waals surface area contributed by atoms with Crippen LogP contribution in [0.1, 0.15) is 19.8 Å². The fourth-order valence-electron chi connectivity index (χ4n) is 2.29. The van der Waals surface area contributed by atoms with Crippen molar-refractivity contribution in [3.05, 3.63) is 17.5 Å². The summed E-state index contributed by atoms with van der Waals surface area (Å²) in [5, 5.41) is 5.01. The van der Waals surface area contributed by atoms with Gasteiger partial charge in [0.2, 0.25) is 0 Å². The molecular formula is C17H30N4O3S2. The highest BCUT2D eigenvalue weighted by molar-refractivity contribution is 7.91. The number of hydrogen-bond donors (Lipinski definition) is 1. The molecule has 1 aromatic heterocycles. The highest BCUT2D eigenvalue weighted by Gasteiger charge is 2.22. The zero-order valence-corrected chi connectivity index (χ0v) is 17.5. The van der Waals surface area contributed by atoms with E-state index < -0.39 is 10.0 Å². The summed E-state index contributed by atoms with van der Waals surface area (Å²) < 4.78 is 32.2. The molecule has 1 aromatic rings. The smallest absolute Gasteiger partial charge is 0.252 e. The van der Waals surface area contributed by atoms with Crippen molar-refractivity contribution in [2.24, 2.45) is 10.9 Å². The van der Waals surface area contributed by atoms with Crippen molar-refractivity contribution < 1.29 is 13.2 Å². The second-order valence-corrected chi connectivity index (χ2v) is 9.65. The van der Waals surface area contributed by atoms with Crippen LogP contribution in [0.2, 0.25) is 0 Å². The number of aliphatic imine (C=N–C) groups is 1. The van der Waals surface area contributed by atoms with E-state index in [-0.39, 0.29) is 0 Å². The van der Waals surface area contributed by atoms with Gasteiger partial charge in [-0.1, -0.05) is 6.07 Å². The van der Waals surface area contributed by atoms with Crippen molar-refractivity contribution in [2.45, 2.75) is 24.0 Å². The molecular weight excluding hydrogens is 372 g/mol. The number of likely N-dealkylation sites (N-methyl/N-ethyl adjacent to an activating group) is 2. The molecule has 1 saturated carbocycles. The van der Waals surface area contributed by atoms with E-state index in [9.17, 15) is 8.42 Å². The highest BCUT2D eigenvalue weighted by atomic mass is 32.2. The Morgan fingerprint density at radius 3 is 2.77 bits per heavy atom. The van der Waals surface area contributed by atoms with Crippen LogP contribution in [0.15, 0.2) is 26.7 Å². The second-order valence-electron chi connectivity index (χ2n) is 6.43. The monoisotopic (exact) mass is 402 g/mol. The van der Waals surface area contributed by atoms with Crippen LogP contribution in [-0.4, -0.2) is 77.1 Å².